The standard InChI is InChI=1S/C17H15BO7S/c18-11-12-6-7-14(17(20)24-8-9-26(21,22)23)15(10-12)25-16(19)13-4-2-1-3-5-13/h1-7,10H,8-9,11H2,(H,21,22,23). The van der Waals surface area contributed by atoms with E-state index in [1.165, 1.54) is 12.1 Å². The summed E-state index contributed by atoms with van der Waals surface area (Å²) in [5, 5.41) is 0. The molecule has 7 nitrogen and oxygen atoms in total. The first kappa shape index (κ1) is 19.7. The fourth-order valence-electron chi connectivity index (χ4n) is 2.00. The molecule has 0 saturated heterocycles. The highest BCUT2D eigenvalue weighted by atomic mass is 32.2. The van der Waals surface area contributed by atoms with E-state index >= 15 is 0 Å². The molecule has 0 bridgehead atoms. The largest absolute Gasteiger partial charge is 0.461 e. The monoisotopic (exact) mass is 374 g/mol. The molecular weight excluding hydrogens is 359 g/mol. The Labute approximate surface area is 152 Å². The van der Waals surface area contributed by atoms with Crippen LogP contribution < -0.4 is 4.74 Å². The molecule has 2 aromatic rings. The van der Waals surface area contributed by atoms with Gasteiger partial charge in [-0.15, -0.1) is 0 Å². The predicted octanol–water partition coefficient (Wildman–Crippen LogP) is 1.62. The maximum atomic E-state index is 12.2. The second-order valence-corrected chi connectivity index (χ2v) is 6.78. The number of hydrogen-bond acceptors (Lipinski definition) is 6. The van der Waals surface area contributed by atoms with Crippen LogP contribution in [0.4, 0.5) is 0 Å². The third-order valence-corrected chi connectivity index (χ3v) is 3.97. The molecule has 1 N–H and O–H groups in total. The van der Waals surface area contributed by atoms with Crippen LogP contribution in [0.3, 0.4) is 0 Å². The van der Waals surface area contributed by atoms with Crippen molar-refractivity contribution < 1.29 is 32.0 Å². The molecule has 0 amide bonds. The van der Waals surface area contributed by atoms with Gasteiger partial charge in [-0.3, -0.25) is 4.55 Å². The number of hydrogen-bond donors (Lipinski definition) is 1. The zero-order valence-electron chi connectivity index (χ0n) is 13.6. The van der Waals surface area contributed by atoms with Crippen molar-refractivity contribution >= 4 is 29.9 Å². The third-order valence-electron chi connectivity index (χ3n) is 3.29. The number of esters is 2. The van der Waals surface area contributed by atoms with Gasteiger partial charge in [-0.25, -0.2) is 9.59 Å². The Morgan fingerprint density at radius 2 is 1.73 bits per heavy atom. The van der Waals surface area contributed by atoms with Crippen LogP contribution in [0.25, 0.3) is 0 Å². The average molecular weight is 374 g/mol. The zero-order chi connectivity index (χ0) is 19.2. The Kier molecular flexibility index (Phi) is 6.54. The average Bonchev–Trinajstić information content (AvgIpc) is 2.61. The second kappa shape index (κ2) is 8.64. The lowest BCUT2D eigenvalue weighted by molar-refractivity contribution is 0.0522. The molecule has 2 rings (SSSR count). The molecule has 0 heterocycles. The number of carbonyl (C=O) groups excluding carboxylic acids is 2. The number of ether oxygens (including phenoxy) is 2. The van der Waals surface area contributed by atoms with E-state index in [1.807, 2.05) is 0 Å². The molecule has 0 aliphatic carbocycles. The van der Waals surface area contributed by atoms with Gasteiger partial charge in [-0.2, -0.15) is 8.42 Å². The summed E-state index contributed by atoms with van der Waals surface area (Å²) < 4.78 is 40.1. The molecule has 0 aliphatic rings. The minimum Gasteiger partial charge on any atom is -0.461 e. The highest BCUT2D eigenvalue weighted by Crippen LogP contribution is 2.23. The second-order valence-electron chi connectivity index (χ2n) is 5.21. The summed E-state index contributed by atoms with van der Waals surface area (Å²) in [6, 6.07) is 12.5. The van der Waals surface area contributed by atoms with E-state index < -0.39 is 34.4 Å². The van der Waals surface area contributed by atoms with Gasteiger partial charge in [-0.1, -0.05) is 36.1 Å². The highest BCUT2D eigenvalue weighted by Gasteiger charge is 2.19. The van der Waals surface area contributed by atoms with E-state index in [-0.39, 0.29) is 23.2 Å². The molecule has 0 unspecified atom stereocenters. The molecule has 0 atom stereocenters. The molecule has 0 saturated carbocycles. The van der Waals surface area contributed by atoms with Crippen LogP contribution >= 0.6 is 0 Å². The molecule has 2 radical (unpaired) electrons. The van der Waals surface area contributed by atoms with Gasteiger partial charge in [0.2, 0.25) is 0 Å². The van der Waals surface area contributed by atoms with Crippen molar-refractivity contribution in [1.82, 2.24) is 0 Å². The predicted molar refractivity (Wildman–Crippen MR) is 94.0 cm³/mol. The Hall–Kier alpha value is -2.65. The Bertz CT molecular complexity index is 895. The van der Waals surface area contributed by atoms with E-state index in [4.69, 9.17) is 21.9 Å². The van der Waals surface area contributed by atoms with Crippen molar-refractivity contribution in [3.05, 3.63) is 65.2 Å². The first-order valence-corrected chi connectivity index (χ1v) is 9.13. The minimum absolute atomic E-state index is 0.0568. The van der Waals surface area contributed by atoms with Crippen molar-refractivity contribution in [2.75, 3.05) is 12.4 Å². The summed E-state index contributed by atoms with van der Waals surface area (Å²) in [7, 11) is 1.31. The van der Waals surface area contributed by atoms with E-state index in [9.17, 15) is 18.0 Å². The summed E-state index contributed by atoms with van der Waals surface area (Å²) in [5.41, 5.74) is 0.841. The number of benzene rings is 2. The summed E-state index contributed by atoms with van der Waals surface area (Å²) in [6.45, 7) is -0.539. The molecule has 0 aliphatic heterocycles. The molecule has 9 heteroatoms. The van der Waals surface area contributed by atoms with Crippen LogP contribution in [0.1, 0.15) is 26.3 Å². The Balaban J connectivity index is 2.21. The first-order valence-electron chi connectivity index (χ1n) is 7.52. The van der Waals surface area contributed by atoms with Gasteiger partial charge in [-0.05, 0) is 24.3 Å². The van der Waals surface area contributed by atoms with Gasteiger partial charge < -0.3 is 9.47 Å². The molecule has 0 aromatic heterocycles. The quantitative estimate of drug-likeness (QED) is 0.340. The van der Waals surface area contributed by atoms with E-state index in [1.54, 1.807) is 36.4 Å². The molecule has 26 heavy (non-hydrogen) atoms. The third kappa shape index (κ3) is 5.71. The topological polar surface area (TPSA) is 107 Å². The highest BCUT2D eigenvalue weighted by molar-refractivity contribution is 7.85. The molecular formula is C17H15BO7S. The van der Waals surface area contributed by atoms with Crippen molar-refractivity contribution in [1.29, 1.82) is 0 Å². The van der Waals surface area contributed by atoms with Crippen LogP contribution in [-0.4, -0.2) is 45.1 Å². The van der Waals surface area contributed by atoms with Crippen LogP contribution in [-0.2, 0) is 21.2 Å². The summed E-state index contributed by atoms with van der Waals surface area (Å²) in [4.78, 5) is 24.4. The molecule has 2 aromatic carbocycles. The van der Waals surface area contributed by atoms with Crippen LogP contribution in [0.2, 0.25) is 0 Å². The maximum Gasteiger partial charge on any atom is 0.343 e. The Morgan fingerprint density at radius 1 is 1.04 bits per heavy atom. The zero-order valence-corrected chi connectivity index (χ0v) is 14.4. The van der Waals surface area contributed by atoms with Gasteiger partial charge in [0.05, 0.1) is 13.4 Å². The lowest BCUT2D eigenvalue weighted by Gasteiger charge is -2.11. The molecule has 134 valence electrons. The summed E-state index contributed by atoms with van der Waals surface area (Å²) in [6.07, 6.45) is 0.161. The fourth-order valence-corrected chi connectivity index (χ4v) is 2.29. The summed E-state index contributed by atoms with van der Waals surface area (Å²) in [5.74, 6) is -2.36. The summed E-state index contributed by atoms with van der Waals surface area (Å²) >= 11 is 0. The van der Waals surface area contributed by atoms with Crippen molar-refractivity contribution in [2.45, 2.75) is 6.32 Å². The lowest BCUT2D eigenvalue weighted by atomic mass is 9.96. The first-order chi connectivity index (χ1) is 12.3. The van der Waals surface area contributed by atoms with Gasteiger partial charge >= 0.3 is 11.9 Å². The van der Waals surface area contributed by atoms with Gasteiger partial charge in [0, 0.05) is 0 Å². The normalized spacial score (nSPS) is 11.0. The van der Waals surface area contributed by atoms with Crippen LogP contribution in [0.5, 0.6) is 5.75 Å². The van der Waals surface area contributed by atoms with Crippen LogP contribution in [0.15, 0.2) is 48.5 Å². The lowest BCUT2D eigenvalue weighted by Crippen LogP contribution is -2.17. The van der Waals surface area contributed by atoms with Crippen LogP contribution in [0, 0.1) is 0 Å². The Morgan fingerprint density at radius 3 is 2.35 bits per heavy atom. The van der Waals surface area contributed by atoms with Gasteiger partial charge in [0.1, 0.15) is 23.7 Å². The van der Waals surface area contributed by atoms with E-state index in [0.29, 0.717) is 5.56 Å². The van der Waals surface area contributed by atoms with Gasteiger partial charge in [0.25, 0.3) is 10.1 Å². The molecule has 0 spiro atoms. The SMILES string of the molecule is [B]Cc1ccc(C(=O)OCCS(=O)(=O)O)c(OC(=O)c2ccccc2)c1. The van der Waals surface area contributed by atoms with Crippen molar-refractivity contribution in [3.8, 4) is 5.75 Å². The maximum absolute atomic E-state index is 12.2. The van der Waals surface area contributed by atoms with E-state index in [2.05, 4.69) is 0 Å². The number of carbonyl (C=O) groups is 2. The van der Waals surface area contributed by atoms with Crippen molar-refractivity contribution in [3.63, 3.8) is 0 Å². The fraction of sp³-hybridized carbons (Fsp3) is 0.176. The van der Waals surface area contributed by atoms with Gasteiger partial charge in [0.15, 0.2) is 0 Å². The smallest absolute Gasteiger partial charge is 0.343 e. The van der Waals surface area contributed by atoms with Crippen molar-refractivity contribution in [2.24, 2.45) is 0 Å². The minimum atomic E-state index is -4.26. The molecule has 0 fully saturated rings. The number of rotatable bonds is 7. The van der Waals surface area contributed by atoms with E-state index in [0.717, 1.165) is 0 Å².